The molecule has 0 N–H and O–H groups in total. The molecule has 0 aliphatic carbocycles. The predicted molar refractivity (Wildman–Crippen MR) is 86.3 cm³/mol. The molecule has 2 heteroatoms. The van der Waals surface area contributed by atoms with Crippen molar-refractivity contribution in [2.75, 3.05) is 0 Å². The fraction of sp³-hybridized carbons (Fsp3) is 0.250. The normalized spacial score (nSPS) is 10.1. The van der Waals surface area contributed by atoms with Crippen molar-refractivity contribution >= 4 is 31.6 Å². The molecule has 2 rings (SSSR count). The molecule has 0 unspecified atom stereocenters. The lowest BCUT2D eigenvalue weighted by Crippen LogP contribution is -2.41. The summed E-state index contributed by atoms with van der Waals surface area (Å²) in [5.41, 5.74) is 0. The lowest BCUT2D eigenvalue weighted by atomic mass is 10.4. The summed E-state index contributed by atoms with van der Waals surface area (Å²) in [6, 6.07) is 23.5. The van der Waals surface area contributed by atoms with Crippen LogP contribution in [0, 0.1) is 0 Å². The Bertz CT molecular complexity index is 388. The van der Waals surface area contributed by atoms with E-state index >= 15 is 0 Å². The van der Waals surface area contributed by atoms with E-state index in [2.05, 4.69) is 67.6 Å². The number of hydrogen-bond acceptors (Lipinski definition) is 0. The summed E-state index contributed by atoms with van der Waals surface area (Å²) >= 11 is 0. The molecule has 0 aromatic heterocycles. The van der Waals surface area contributed by atoms with Gasteiger partial charge in [-0.25, -0.2) is 0 Å². The van der Waals surface area contributed by atoms with Gasteiger partial charge in [-0.3, -0.25) is 0 Å². The van der Waals surface area contributed by atoms with Crippen LogP contribution in [0.4, 0.5) is 0 Å². The van der Waals surface area contributed by atoms with E-state index in [-0.39, 0.29) is 12.4 Å². The maximum Gasteiger partial charge on any atom is 0.103 e. The molecule has 0 bridgehead atoms. The zero-order chi connectivity index (χ0) is 11.9. The minimum absolute atomic E-state index is 0. The van der Waals surface area contributed by atoms with Crippen molar-refractivity contribution in [2.24, 2.45) is 0 Å². The van der Waals surface area contributed by atoms with E-state index in [9.17, 15) is 0 Å². The van der Waals surface area contributed by atoms with Crippen LogP contribution in [0.3, 0.4) is 0 Å². The van der Waals surface area contributed by atoms with Crippen LogP contribution in [0.2, 0.25) is 6.04 Å². The van der Waals surface area contributed by atoms with E-state index in [1.165, 1.54) is 18.9 Å². The Hall–Kier alpha value is -1.05. The van der Waals surface area contributed by atoms with Crippen LogP contribution < -0.4 is 10.4 Å². The third kappa shape index (κ3) is 4.00. The molecule has 0 fully saturated rings. The molecule has 0 atom stereocenters. The fourth-order valence-corrected chi connectivity index (χ4v) is 5.55. The van der Waals surface area contributed by atoms with Gasteiger partial charge >= 0.3 is 0 Å². The molecular weight excluding hydrogens is 256 g/mol. The van der Waals surface area contributed by atoms with Crippen LogP contribution in [0.1, 0.15) is 19.8 Å². The second kappa shape index (κ2) is 8.12. The summed E-state index contributed by atoms with van der Waals surface area (Å²) in [5, 5.41) is 3.15. The molecule has 0 saturated heterocycles. The first-order chi connectivity index (χ1) is 8.42. The first-order valence-corrected chi connectivity index (χ1v) is 8.49. The molecule has 0 aliphatic rings. The van der Waals surface area contributed by atoms with Gasteiger partial charge in [-0.05, 0) is 0 Å². The summed E-state index contributed by atoms with van der Waals surface area (Å²) in [6.45, 7) is 2.28. The quantitative estimate of drug-likeness (QED) is 0.736. The second-order valence-corrected chi connectivity index (χ2v) is 7.53. The highest BCUT2D eigenvalue weighted by Gasteiger charge is 2.14. The standard InChI is InChI=1S/C16H20Si.ClH/c1-2-3-14-17(15-10-6-4-7-11-15)16-12-8-5-9-13-16;/h4-13,17H,2-3,14H2,1H3;1H. The molecular formula is C16H21ClSi. The summed E-state index contributed by atoms with van der Waals surface area (Å²) in [6.07, 6.45) is 2.64. The fourth-order valence-electron chi connectivity index (χ4n) is 2.30. The summed E-state index contributed by atoms with van der Waals surface area (Å²) in [7, 11) is -0.968. The molecule has 0 nitrogen and oxygen atoms in total. The van der Waals surface area contributed by atoms with E-state index in [4.69, 9.17) is 0 Å². The zero-order valence-electron chi connectivity index (χ0n) is 10.9. The van der Waals surface area contributed by atoms with Gasteiger partial charge in [0.25, 0.3) is 0 Å². The molecule has 0 radical (unpaired) electrons. The van der Waals surface area contributed by atoms with Gasteiger partial charge in [0.05, 0.1) is 0 Å². The molecule has 0 amide bonds. The highest BCUT2D eigenvalue weighted by Crippen LogP contribution is 2.03. The van der Waals surface area contributed by atoms with Crippen molar-refractivity contribution in [1.29, 1.82) is 0 Å². The van der Waals surface area contributed by atoms with Crippen molar-refractivity contribution in [2.45, 2.75) is 25.8 Å². The average Bonchev–Trinajstić information content (AvgIpc) is 2.42. The number of hydrogen-bond donors (Lipinski definition) is 0. The monoisotopic (exact) mass is 276 g/mol. The number of unbranched alkanes of at least 4 members (excludes halogenated alkanes) is 1. The highest BCUT2D eigenvalue weighted by atomic mass is 35.5. The highest BCUT2D eigenvalue weighted by molar-refractivity contribution is 6.85. The van der Waals surface area contributed by atoms with Crippen molar-refractivity contribution in [3.63, 3.8) is 0 Å². The van der Waals surface area contributed by atoms with Gasteiger partial charge in [0.15, 0.2) is 0 Å². The Balaban J connectivity index is 0.00000162. The molecule has 2 aromatic carbocycles. The van der Waals surface area contributed by atoms with Gasteiger partial charge in [0.2, 0.25) is 0 Å². The average molecular weight is 277 g/mol. The van der Waals surface area contributed by atoms with Crippen LogP contribution in [0.25, 0.3) is 0 Å². The van der Waals surface area contributed by atoms with Gasteiger partial charge in [-0.1, -0.05) is 96.8 Å². The summed E-state index contributed by atoms with van der Waals surface area (Å²) in [4.78, 5) is 0. The van der Waals surface area contributed by atoms with Gasteiger partial charge in [-0.15, -0.1) is 12.4 Å². The smallest absolute Gasteiger partial charge is 0.103 e. The topological polar surface area (TPSA) is 0 Å². The summed E-state index contributed by atoms with van der Waals surface area (Å²) < 4.78 is 0. The molecule has 0 spiro atoms. The lowest BCUT2D eigenvalue weighted by Gasteiger charge is -2.15. The van der Waals surface area contributed by atoms with E-state index in [1.54, 1.807) is 10.4 Å². The van der Waals surface area contributed by atoms with E-state index in [1.807, 2.05) is 0 Å². The SMILES string of the molecule is CCCC[SiH](c1ccccc1)c1ccccc1.Cl. The summed E-state index contributed by atoms with van der Waals surface area (Å²) in [5.74, 6) is 0. The minimum atomic E-state index is -0.968. The number of rotatable bonds is 5. The molecule has 0 heterocycles. The Morgan fingerprint density at radius 3 is 1.61 bits per heavy atom. The van der Waals surface area contributed by atoms with Crippen molar-refractivity contribution in [3.8, 4) is 0 Å². The number of halogens is 1. The Morgan fingerprint density at radius 2 is 1.22 bits per heavy atom. The third-order valence-electron chi connectivity index (χ3n) is 3.25. The van der Waals surface area contributed by atoms with E-state index in [0.717, 1.165) is 0 Å². The lowest BCUT2D eigenvalue weighted by molar-refractivity contribution is 0.878. The first-order valence-electron chi connectivity index (χ1n) is 6.51. The van der Waals surface area contributed by atoms with Crippen LogP contribution in [-0.4, -0.2) is 8.80 Å². The van der Waals surface area contributed by atoms with Gasteiger partial charge in [-0.2, -0.15) is 0 Å². The Kier molecular flexibility index (Phi) is 6.77. The first kappa shape index (κ1) is 15.0. The Labute approximate surface area is 118 Å². The molecule has 0 aliphatic heterocycles. The van der Waals surface area contributed by atoms with Crippen LogP contribution in [0.15, 0.2) is 60.7 Å². The molecule has 96 valence electrons. The largest absolute Gasteiger partial charge is 0.147 e. The molecule has 0 saturated carbocycles. The third-order valence-corrected chi connectivity index (χ3v) is 6.62. The molecule has 2 aromatic rings. The van der Waals surface area contributed by atoms with Crippen molar-refractivity contribution in [3.05, 3.63) is 60.7 Å². The maximum absolute atomic E-state index is 2.31. The van der Waals surface area contributed by atoms with Crippen LogP contribution in [0.5, 0.6) is 0 Å². The Morgan fingerprint density at radius 1 is 0.778 bits per heavy atom. The maximum atomic E-state index is 2.31. The van der Waals surface area contributed by atoms with Crippen molar-refractivity contribution in [1.82, 2.24) is 0 Å². The molecule has 18 heavy (non-hydrogen) atoms. The van der Waals surface area contributed by atoms with E-state index in [0.29, 0.717) is 0 Å². The van der Waals surface area contributed by atoms with E-state index < -0.39 is 8.80 Å². The van der Waals surface area contributed by atoms with Crippen molar-refractivity contribution < 1.29 is 0 Å². The van der Waals surface area contributed by atoms with Gasteiger partial charge in [0.1, 0.15) is 8.80 Å². The zero-order valence-corrected chi connectivity index (χ0v) is 12.9. The van der Waals surface area contributed by atoms with Gasteiger partial charge in [0, 0.05) is 0 Å². The second-order valence-electron chi connectivity index (χ2n) is 4.52. The van der Waals surface area contributed by atoms with Crippen LogP contribution >= 0.6 is 12.4 Å². The predicted octanol–water partition coefficient (Wildman–Crippen LogP) is 3.25. The van der Waals surface area contributed by atoms with Gasteiger partial charge < -0.3 is 0 Å². The number of benzene rings is 2. The van der Waals surface area contributed by atoms with Crippen LogP contribution in [-0.2, 0) is 0 Å². The minimum Gasteiger partial charge on any atom is -0.147 e.